The number of nitrogens with zero attached hydrogens (tertiary/aromatic N) is 2. The molecule has 3 aromatic carbocycles. The maximum atomic E-state index is 12.3. The molecule has 0 fully saturated rings. The van der Waals surface area contributed by atoms with E-state index in [-0.39, 0.29) is 17.3 Å². The third-order valence-electron chi connectivity index (χ3n) is 4.44. The van der Waals surface area contributed by atoms with Gasteiger partial charge >= 0.3 is 5.97 Å². The third-order valence-corrected chi connectivity index (χ3v) is 4.93. The second-order valence-corrected chi connectivity index (χ2v) is 7.51. The number of carbonyl (C=O) groups is 1. The summed E-state index contributed by atoms with van der Waals surface area (Å²) in [6, 6.07) is 20.7. The van der Waals surface area contributed by atoms with Gasteiger partial charge in [0.25, 0.3) is 5.69 Å². The molecular formula is C23H15BrN2O5. The summed E-state index contributed by atoms with van der Waals surface area (Å²) < 4.78 is 12.1. The van der Waals surface area contributed by atoms with E-state index in [2.05, 4.69) is 20.9 Å². The molecule has 0 atom stereocenters. The molecule has 1 aliphatic heterocycles. The first kappa shape index (κ1) is 20.5. The molecule has 4 rings (SSSR count). The number of hydrogen-bond donors (Lipinski definition) is 0. The Kier molecular flexibility index (Phi) is 5.90. The maximum Gasteiger partial charge on any atom is 0.363 e. The van der Waals surface area contributed by atoms with E-state index in [1.54, 1.807) is 6.08 Å². The van der Waals surface area contributed by atoms with Crippen molar-refractivity contribution in [3.63, 3.8) is 0 Å². The van der Waals surface area contributed by atoms with Crippen molar-refractivity contribution in [3.05, 3.63) is 110 Å². The van der Waals surface area contributed by atoms with Crippen LogP contribution in [0.15, 0.2) is 88.0 Å². The molecule has 0 aliphatic carbocycles. The largest absolute Gasteiger partial charge is 0.488 e. The average Bonchev–Trinajstić information content (AvgIpc) is 3.13. The maximum absolute atomic E-state index is 12.3. The molecule has 8 heteroatoms. The van der Waals surface area contributed by atoms with Crippen LogP contribution in [0.1, 0.15) is 16.7 Å². The number of esters is 1. The number of hydrogen-bond acceptors (Lipinski definition) is 6. The summed E-state index contributed by atoms with van der Waals surface area (Å²) in [5.74, 6) is 0.0931. The lowest BCUT2D eigenvalue weighted by atomic mass is 10.1. The van der Waals surface area contributed by atoms with Gasteiger partial charge in [0, 0.05) is 27.7 Å². The van der Waals surface area contributed by atoms with Crippen molar-refractivity contribution in [3.8, 4) is 5.75 Å². The van der Waals surface area contributed by atoms with Gasteiger partial charge in [-0.25, -0.2) is 9.79 Å². The van der Waals surface area contributed by atoms with E-state index in [0.717, 1.165) is 10.0 Å². The molecule has 0 spiro atoms. The third kappa shape index (κ3) is 4.87. The molecule has 7 nitrogen and oxygen atoms in total. The molecule has 31 heavy (non-hydrogen) atoms. The highest BCUT2D eigenvalue weighted by atomic mass is 79.9. The number of nitro benzene ring substituents is 1. The number of halogens is 1. The lowest BCUT2D eigenvalue weighted by Crippen LogP contribution is -2.05. The Morgan fingerprint density at radius 2 is 1.84 bits per heavy atom. The number of para-hydroxylation sites is 1. The number of benzene rings is 3. The Bertz CT molecular complexity index is 1220. The predicted molar refractivity (Wildman–Crippen MR) is 119 cm³/mol. The fourth-order valence-electron chi connectivity index (χ4n) is 2.92. The first-order valence-electron chi connectivity index (χ1n) is 9.23. The van der Waals surface area contributed by atoms with Crippen LogP contribution in [0.2, 0.25) is 0 Å². The van der Waals surface area contributed by atoms with E-state index >= 15 is 0 Å². The molecule has 3 aromatic rings. The molecule has 154 valence electrons. The number of nitro groups is 1. The molecular weight excluding hydrogens is 464 g/mol. The van der Waals surface area contributed by atoms with Crippen LogP contribution in [0.5, 0.6) is 5.75 Å². The van der Waals surface area contributed by atoms with Crippen LogP contribution in [-0.4, -0.2) is 16.8 Å². The molecule has 0 bridgehead atoms. The van der Waals surface area contributed by atoms with E-state index in [1.807, 2.05) is 48.5 Å². The number of ether oxygens (including phenoxy) is 2. The lowest BCUT2D eigenvalue weighted by Gasteiger charge is -2.09. The van der Waals surface area contributed by atoms with Crippen LogP contribution in [0.25, 0.3) is 6.08 Å². The van der Waals surface area contributed by atoms with Crippen LogP contribution in [-0.2, 0) is 16.1 Å². The van der Waals surface area contributed by atoms with E-state index in [9.17, 15) is 14.9 Å². The van der Waals surface area contributed by atoms with Gasteiger partial charge in [-0.2, -0.15) is 0 Å². The van der Waals surface area contributed by atoms with Gasteiger partial charge in [0.05, 0.1) is 4.92 Å². The summed E-state index contributed by atoms with van der Waals surface area (Å²) in [6.45, 7) is 0.362. The monoisotopic (exact) mass is 478 g/mol. The summed E-state index contributed by atoms with van der Waals surface area (Å²) in [4.78, 5) is 26.9. The van der Waals surface area contributed by atoms with Gasteiger partial charge in [-0.1, -0.05) is 46.3 Å². The van der Waals surface area contributed by atoms with Crippen LogP contribution < -0.4 is 4.74 Å². The second-order valence-electron chi connectivity index (χ2n) is 6.60. The summed E-state index contributed by atoms with van der Waals surface area (Å²) in [6.07, 6.45) is 1.59. The Balaban J connectivity index is 1.56. The topological polar surface area (TPSA) is 91.0 Å². The molecule has 1 aliphatic rings. The Labute approximate surface area is 185 Å². The van der Waals surface area contributed by atoms with E-state index in [1.165, 1.54) is 24.3 Å². The number of carbonyl (C=O) groups excluding carboxylic acids is 1. The fraction of sp³-hybridized carbons (Fsp3) is 0.0435. The average molecular weight is 479 g/mol. The van der Waals surface area contributed by atoms with Crippen LogP contribution in [0, 0.1) is 10.1 Å². The standard InChI is InChI=1S/C23H15BrN2O5/c24-18-6-3-4-15(12-18)14-30-21-7-2-1-5-17(21)13-20-23(27)31-22(25-20)16-8-10-19(11-9-16)26(28)29/h1-13H,14H2/b20-13-. The Morgan fingerprint density at radius 1 is 1.06 bits per heavy atom. The zero-order chi connectivity index (χ0) is 21.8. The van der Waals surface area contributed by atoms with Crippen LogP contribution in [0.4, 0.5) is 5.69 Å². The first-order valence-corrected chi connectivity index (χ1v) is 10.0. The van der Waals surface area contributed by atoms with Gasteiger partial charge in [0.2, 0.25) is 5.90 Å². The first-order chi connectivity index (χ1) is 15.0. The predicted octanol–water partition coefficient (Wildman–Crippen LogP) is 5.28. The van der Waals surface area contributed by atoms with Crippen LogP contribution in [0.3, 0.4) is 0 Å². The second kappa shape index (κ2) is 8.93. The Hall–Kier alpha value is -3.78. The molecule has 0 amide bonds. The van der Waals surface area contributed by atoms with Gasteiger partial charge in [-0.15, -0.1) is 0 Å². The van der Waals surface area contributed by atoms with Crippen molar-refractivity contribution in [2.75, 3.05) is 0 Å². The lowest BCUT2D eigenvalue weighted by molar-refractivity contribution is -0.384. The van der Waals surface area contributed by atoms with E-state index in [0.29, 0.717) is 23.5 Å². The minimum absolute atomic E-state index is 0.0547. The van der Waals surface area contributed by atoms with Gasteiger partial charge in [-0.3, -0.25) is 10.1 Å². The molecule has 0 N–H and O–H groups in total. The minimum atomic E-state index is -0.602. The van der Waals surface area contributed by atoms with E-state index in [4.69, 9.17) is 9.47 Å². The highest BCUT2D eigenvalue weighted by molar-refractivity contribution is 9.10. The molecule has 0 saturated carbocycles. The van der Waals surface area contributed by atoms with Gasteiger partial charge in [0.15, 0.2) is 5.70 Å². The smallest absolute Gasteiger partial charge is 0.363 e. The van der Waals surface area contributed by atoms with Crippen molar-refractivity contribution in [2.45, 2.75) is 6.61 Å². The van der Waals surface area contributed by atoms with E-state index < -0.39 is 10.9 Å². The number of aliphatic imine (C=N–C) groups is 1. The van der Waals surface area contributed by atoms with Crippen molar-refractivity contribution in [2.24, 2.45) is 4.99 Å². The summed E-state index contributed by atoms with van der Waals surface area (Å²) in [7, 11) is 0. The number of cyclic esters (lactones) is 1. The van der Waals surface area contributed by atoms with Crippen molar-refractivity contribution < 1.29 is 19.2 Å². The zero-order valence-corrected chi connectivity index (χ0v) is 17.6. The molecule has 0 unspecified atom stereocenters. The molecule has 0 radical (unpaired) electrons. The quantitative estimate of drug-likeness (QED) is 0.208. The normalized spacial score (nSPS) is 14.3. The van der Waals surface area contributed by atoms with Gasteiger partial charge in [-0.05, 0) is 42.0 Å². The summed E-state index contributed by atoms with van der Waals surface area (Å²) >= 11 is 3.44. The molecule has 1 heterocycles. The van der Waals surface area contributed by atoms with Crippen molar-refractivity contribution in [1.29, 1.82) is 0 Å². The molecule has 0 saturated heterocycles. The highest BCUT2D eigenvalue weighted by Crippen LogP contribution is 2.26. The molecule has 0 aromatic heterocycles. The Morgan fingerprint density at radius 3 is 2.58 bits per heavy atom. The summed E-state index contributed by atoms with van der Waals surface area (Å²) in [5.41, 5.74) is 2.21. The van der Waals surface area contributed by atoms with Gasteiger partial charge in [0.1, 0.15) is 12.4 Å². The van der Waals surface area contributed by atoms with Crippen molar-refractivity contribution >= 4 is 39.6 Å². The fourth-order valence-corrected chi connectivity index (χ4v) is 3.37. The van der Waals surface area contributed by atoms with Crippen LogP contribution >= 0.6 is 15.9 Å². The minimum Gasteiger partial charge on any atom is -0.488 e. The zero-order valence-electron chi connectivity index (χ0n) is 16.0. The number of non-ortho nitro benzene ring substituents is 1. The van der Waals surface area contributed by atoms with Crippen molar-refractivity contribution in [1.82, 2.24) is 0 Å². The SMILES string of the molecule is O=C1OC(c2ccc([N+](=O)[O-])cc2)=N/C1=C\c1ccccc1OCc1cccc(Br)c1. The number of rotatable bonds is 6. The summed E-state index contributed by atoms with van der Waals surface area (Å²) in [5, 5.41) is 10.8. The van der Waals surface area contributed by atoms with Gasteiger partial charge < -0.3 is 9.47 Å². The highest BCUT2D eigenvalue weighted by Gasteiger charge is 2.25.